The van der Waals surface area contributed by atoms with Gasteiger partial charge in [0.15, 0.2) is 11.5 Å². The minimum Gasteiger partial charge on any atom is -0.504 e. The van der Waals surface area contributed by atoms with E-state index in [4.69, 9.17) is 14.7 Å². The fourth-order valence-corrected chi connectivity index (χ4v) is 1.46. The second-order valence-electron chi connectivity index (χ2n) is 3.85. The summed E-state index contributed by atoms with van der Waals surface area (Å²) in [5, 5.41) is 21.0. The molecule has 0 aliphatic carbocycles. The van der Waals surface area contributed by atoms with Gasteiger partial charge in [-0.05, 0) is 23.8 Å². The number of nitrogens with zero attached hydrogens (tertiary/aromatic N) is 1. The molecule has 0 radical (unpaired) electrons. The van der Waals surface area contributed by atoms with E-state index < -0.39 is 5.91 Å². The molecule has 1 rings (SSSR count). The quantitative estimate of drug-likeness (QED) is 0.460. The average molecular weight is 276 g/mol. The molecule has 20 heavy (non-hydrogen) atoms. The van der Waals surface area contributed by atoms with Gasteiger partial charge in [0.25, 0.3) is 5.91 Å². The molecule has 0 saturated carbocycles. The Bertz CT molecular complexity index is 547. The van der Waals surface area contributed by atoms with Gasteiger partial charge in [-0.1, -0.05) is 6.07 Å². The van der Waals surface area contributed by atoms with Crippen molar-refractivity contribution in [2.45, 2.75) is 0 Å². The third kappa shape index (κ3) is 4.30. The van der Waals surface area contributed by atoms with Gasteiger partial charge in [0, 0.05) is 13.7 Å². The zero-order valence-electron chi connectivity index (χ0n) is 11.3. The third-order valence-electron chi connectivity index (χ3n) is 2.47. The number of ether oxygens (including phenoxy) is 2. The third-order valence-corrected chi connectivity index (χ3v) is 2.47. The number of carbonyl (C=O) groups is 1. The van der Waals surface area contributed by atoms with Crippen LogP contribution < -0.4 is 10.1 Å². The van der Waals surface area contributed by atoms with Crippen LogP contribution in [0.2, 0.25) is 0 Å². The second kappa shape index (κ2) is 7.81. The largest absolute Gasteiger partial charge is 0.504 e. The highest BCUT2D eigenvalue weighted by molar-refractivity contribution is 6.01. The number of hydrogen-bond acceptors (Lipinski definition) is 5. The molecular weight excluding hydrogens is 260 g/mol. The topological polar surface area (TPSA) is 91.6 Å². The lowest BCUT2D eigenvalue weighted by molar-refractivity contribution is -0.117. The maximum atomic E-state index is 11.7. The van der Waals surface area contributed by atoms with Gasteiger partial charge in [-0.25, -0.2) is 0 Å². The van der Waals surface area contributed by atoms with Crippen LogP contribution in [0.5, 0.6) is 11.5 Å². The Hall–Kier alpha value is -2.52. The predicted molar refractivity (Wildman–Crippen MR) is 73.1 cm³/mol. The average Bonchev–Trinajstić information content (AvgIpc) is 2.46. The molecule has 0 bridgehead atoms. The van der Waals surface area contributed by atoms with E-state index >= 15 is 0 Å². The number of phenols is 1. The lowest BCUT2D eigenvalue weighted by atomic mass is 10.1. The fraction of sp³-hybridized carbons (Fsp3) is 0.286. The van der Waals surface area contributed by atoms with Crippen LogP contribution in [0.1, 0.15) is 5.56 Å². The van der Waals surface area contributed by atoms with E-state index in [2.05, 4.69) is 5.32 Å². The van der Waals surface area contributed by atoms with Crippen molar-refractivity contribution in [2.75, 3.05) is 27.4 Å². The summed E-state index contributed by atoms with van der Waals surface area (Å²) < 4.78 is 9.77. The highest BCUT2D eigenvalue weighted by Crippen LogP contribution is 2.27. The molecule has 6 nitrogen and oxygen atoms in total. The van der Waals surface area contributed by atoms with Gasteiger partial charge in [0.1, 0.15) is 11.6 Å². The van der Waals surface area contributed by atoms with Crippen molar-refractivity contribution >= 4 is 12.0 Å². The first-order valence-electron chi connectivity index (χ1n) is 5.88. The van der Waals surface area contributed by atoms with E-state index in [0.29, 0.717) is 18.7 Å². The summed E-state index contributed by atoms with van der Waals surface area (Å²) in [5.74, 6) is -0.208. The Labute approximate surface area is 117 Å². The number of nitrogens with one attached hydrogen (secondary N) is 1. The molecule has 1 aromatic carbocycles. The highest BCUT2D eigenvalue weighted by atomic mass is 16.5. The standard InChI is InChI=1S/C14H16N2O4/c1-19-6-5-16-14(18)11(9-15)7-10-3-4-12(17)13(8-10)20-2/h3-4,7-8,17H,5-6H2,1-2H3,(H,16,18)/b11-7+. The smallest absolute Gasteiger partial charge is 0.262 e. The number of methoxy groups -OCH3 is 2. The van der Waals surface area contributed by atoms with E-state index in [-0.39, 0.29) is 17.1 Å². The molecule has 2 N–H and O–H groups in total. The second-order valence-corrected chi connectivity index (χ2v) is 3.85. The van der Waals surface area contributed by atoms with Gasteiger partial charge < -0.3 is 19.9 Å². The van der Waals surface area contributed by atoms with E-state index in [1.54, 1.807) is 6.07 Å². The fourth-order valence-electron chi connectivity index (χ4n) is 1.46. The summed E-state index contributed by atoms with van der Waals surface area (Å²) >= 11 is 0. The zero-order valence-corrected chi connectivity index (χ0v) is 11.3. The van der Waals surface area contributed by atoms with Crippen LogP contribution in [-0.4, -0.2) is 38.4 Å². The predicted octanol–water partition coefficient (Wildman–Crippen LogP) is 1.07. The monoisotopic (exact) mass is 276 g/mol. The van der Waals surface area contributed by atoms with Crippen LogP contribution >= 0.6 is 0 Å². The summed E-state index contributed by atoms with van der Waals surface area (Å²) in [5.41, 5.74) is 0.548. The SMILES string of the molecule is COCCNC(=O)/C(C#N)=C/c1ccc(O)c(OC)c1. The van der Waals surface area contributed by atoms with E-state index in [1.807, 2.05) is 6.07 Å². The zero-order chi connectivity index (χ0) is 15.0. The molecule has 0 aromatic heterocycles. The number of benzene rings is 1. The molecular formula is C14H16N2O4. The number of nitriles is 1. The van der Waals surface area contributed by atoms with Crippen molar-refractivity contribution in [2.24, 2.45) is 0 Å². The number of aromatic hydroxyl groups is 1. The summed E-state index contributed by atoms with van der Waals surface area (Å²) in [6.07, 6.45) is 1.42. The highest BCUT2D eigenvalue weighted by Gasteiger charge is 2.09. The molecule has 1 aromatic rings. The van der Waals surface area contributed by atoms with Crippen molar-refractivity contribution in [3.05, 3.63) is 29.3 Å². The van der Waals surface area contributed by atoms with Crippen LogP contribution in [-0.2, 0) is 9.53 Å². The van der Waals surface area contributed by atoms with Gasteiger partial charge in [-0.15, -0.1) is 0 Å². The van der Waals surface area contributed by atoms with Crippen molar-refractivity contribution in [1.82, 2.24) is 5.32 Å². The molecule has 0 aliphatic heterocycles. The first kappa shape index (κ1) is 15.5. The number of rotatable bonds is 6. The van der Waals surface area contributed by atoms with Crippen molar-refractivity contribution < 1.29 is 19.4 Å². The van der Waals surface area contributed by atoms with Crippen LogP contribution in [0.3, 0.4) is 0 Å². The Balaban J connectivity index is 2.89. The molecule has 6 heteroatoms. The Morgan fingerprint density at radius 2 is 2.25 bits per heavy atom. The van der Waals surface area contributed by atoms with Crippen molar-refractivity contribution in [1.29, 1.82) is 5.26 Å². The number of phenolic OH excluding ortho intramolecular Hbond substituents is 1. The summed E-state index contributed by atoms with van der Waals surface area (Å²) in [6, 6.07) is 6.39. The van der Waals surface area contributed by atoms with E-state index in [9.17, 15) is 9.90 Å². The maximum absolute atomic E-state index is 11.7. The normalized spacial score (nSPS) is 10.8. The maximum Gasteiger partial charge on any atom is 0.262 e. The molecule has 0 saturated heterocycles. The Morgan fingerprint density at radius 1 is 1.50 bits per heavy atom. The lowest BCUT2D eigenvalue weighted by Gasteiger charge is -2.05. The lowest BCUT2D eigenvalue weighted by Crippen LogP contribution is -2.27. The molecule has 106 valence electrons. The van der Waals surface area contributed by atoms with E-state index in [0.717, 1.165) is 0 Å². The van der Waals surface area contributed by atoms with Crippen molar-refractivity contribution in [3.8, 4) is 17.6 Å². The van der Waals surface area contributed by atoms with E-state index in [1.165, 1.54) is 32.4 Å². The summed E-state index contributed by atoms with van der Waals surface area (Å²) in [7, 11) is 2.95. The van der Waals surface area contributed by atoms with Crippen LogP contribution in [0.25, 0.3) is 6.08 Å². The summed E-state index contributed by atoms with van der Waals surface area (Å²) in [6.45, 7) is 0.699. The number of hydrogen-bond donors (Lipinski definition) is 2. The number of carbonyl (C=O) groups excluding carboxylic acids is 1. The van der Waals surface area contributed by atoms with Gasteiger partial charge in [-0.3, -0.25) is 4.79 Å². The minimum absolute atomic E-state index is 0.00676. The minimum atomic E-state index is -0.475. The van der Waals surface area contributed by atoms with Crippen LogP contribution in [0.15, 0.2) is 23.8 Å². The Morgan fingerprint density at radius 3 is 2.85 bits per heavy atom. The molecule has 1 amide bonds. The van der Waals surface area contributed by atoms with Gasteiger partial charge in [-0.2, -0.15) is 5.26 Å². The number of amides is 1. The first-order chi connectivity index (χ1) is 9.62. The summed E-state index contributed by atoms with van der Waals surface area (Å²) in [4.78, 5) is 11.7. The van der Waals surface area contributed by atoms with Crippen LogP contribution in [0.4, 0.5) is 0 Å². The first-order valence-corrected chi connectivity index (χ1v) is 5.88. The molecule has 0 aliphatic rings. The van der Waals surface area contributed by atoms with Gasteiger partial charge >= 0.3 is 0 Å². The van der Waals surface area contributed by atoms with Crippen molar-refractivity contribution in [3.63, 3.8) is 0 Å². The van der Waals surface area contributed by atoms with Crippen LogP contribution in [0, 0.1) is 11.3 Å². The molecule has 0 atom stereocenters. The molecule has 0 fully saturated rings. The molecule has 0 unspecified atom stereocenters. The Kier molecular flexibility index (Phi) is 6.07. The van der Waals surface area contributed by atoms with Gasteiger partial charge in [0.2, 0.25) is 0 Å². The van der Waals surface area contributed by atoms with Gasteiger partial charge in [0.05, 0.1) is 13.7 Å². The molecule has 0 heterocycles. The molecule has 0 spiro atoms.